The van der Waals surface area contributed by atoms with Gasteiger partial charge in [0.05, 0.1) is 13.2 Å². The van der Waals surface area contributed by atoms with Crippen LogP contribution in [0.15, 0.2) is 77.9 Å². The van der Waals surface area contributed by atoms with E-state index in [-0.39, 0.29) is 5.56 Å². The van der Waals surface area contributed by atoms with E-state index in [4.69, 9.17) is 17.0 Å². The first-order chi connectivity index (χ1) is 16.0. The molecular formula is C26H26N4O2S. The van der Waals surface area contributed by atoms with Crippen LogP contribution in [-0.2, 0) is 13.1 Å². The standard InChI is InChI=1S/C26H26N4O2S/c1-3-32-23-10-11-24-20(14-23)13-21(25(31)29-24)17-30(16-19-5-4-12-27-15-19)26(33)28-22-8-6-18(2)7-9-22/h4-15H,3,16-17H2,1-2H3,(H,28,33)(H,29,31). The molecule has 2 aromatic heterocycles. The van der Waals surface area contributed by atoms with E-state index in [1.807, 2.05) is 79.4 Å². The molecule has 33 heavy (non-hydrogen) atoms. The first-order valence-electron chi connectivity index (χ1n) is 10.8. The van der Waals surface area contributed by atoms with Gasteiger partial charge in [-0.3, -0.25) is 9.78 Å². The fourth-order valence-corrected chi connectivity index (χ4v) is 3.81. The van der Waals surface area contributed by atoms with Gasteiger partial charge < -0.3 is 19.9 Å². The number of aromatic nitrogens is 2. The lowest BCUT2D eigenvalue weighted by molar-refractivity contribution is 0.340. The molecule has 0 atom stereocenters. The van der Waals surface area contributed by atoms with E-state index in [1.165, 1.54) is 5.56 Å². The van der Waals surface area contributed by atoms with Gasteiger partial charge in [-0.05, 0) is 74.1 Å². The number of ether oxygens (including phenoxy) is 1. The van der Waals surface area contributed by atoms with Gasteiger partial charge in [0, 0.05) is 41.1 Å². The molecule has 6 nitrogen and oxygen atoms in total. The average Bonchev–Trinajstić information content (AvgIpc) is 2.81. The third-order valence-electron chi connectivity index (χ3n) is 5.25. The van der Waals surface area contributed by atoms with E-state index in [0.29, 0.717) is 30.4 Å². The number of aromatic amines is 1. The van der Waals surface area contributed by atoms with Gasteiger partial charge in [-0.25, -0.2) is 0 Å². The molecule has 168 valence electrons. The van der Waals surface area contributed by atoms with Crippen molar-refractivity contribution in [3.05, 3.63) is 100 Å². The maximum Gasteiger partial charge on any atom is 0.253 e. The highest BCUT2D eigenvalue weighted by Gasteiger charge is 2.15. The zero-order chi connectivity index (χ0) is 23.2. The fourth-order valence-electron chi connectivity index (χ4n) is 3.56. The van der Waals surface area contributed by atoms with Gasteiger partial charge in [0.1, 0.15) is 5.75 Å². The molecule has 0 fully saturated rings. The normalized spacial score (nSPS) is 10.7. The number of anilines is 1. The van der Waals surface area contributed by atoms with Gasteiger partial charge in [-0.2, -0.15) is 0 Å². The molecule has 0 unspecified atom stereocenters. The lowest BCUT2D eigenvalue weighted by atomic mass is 10.1. The van der Waals surface area contributed by atoms with Crippen molar-refractivity contribution in [1.82, 2.24) is 14.9 Å². The van der Waals surface area contributed by atoms with Crippen LogP contribution in [0.2, 0.25) is 0 Å². The minimum absolute atomic E-state index is 0.138. The number of benzene rings is 2. The second kappa shape index (κ2) is 10.3. The van der Waals surface area contributed by atoms with E-state index < -0.39 is 0 Å². The molecule has 0 radical (unpaired) electrons. The number of hydrogen-bond donors (Lipinski definition) is 2. The topological polar surface area (TPSA) is 70.2 Å². The van der Waals surface area contributed by atoms with E-state index >= 15 is 0 Å². The van der Waals surface area contributed by atoms with Crippen molar-refractivity contribution in [2.45, 2.75) is 26.9 Å². The maximum atomic E-state index is 12.9. The number of aryl methyl sites for hydroxylation is 1. The SMILES string of the molecule is CCOc1ccc2[nH]c(=O)c(CN(Cc3cccnc3)C(=S)Nc3ccc(C)cc3)cc2c1. The second-order valence-electron chi connectivity index (χ2n) is 7.82. The summed E-state index contributed by atoms with van der Waals surface area (Å²) in [5.41, 5.74) is 4.32. The van der Waals surface area contributed by atoms with Crippen LogP contribution in [0.25, 0.3) is 10.9 Å². The predicted molar refractivity (Wildman–Crippen MR) is 137 cm³/mol. The summed E-state index contributed by atoms with van der Waals surface area (Å²) in [4.78, 5) is 22.0. The highest BCUT2D eigenvalue weighted by molar-refractivity contribution is 7.80. The Morgan fingerprint density at radius 1 is 1.12 bits per heavy atom. The molecule has 0 saturated heterocycles. The maximum absolute atomic E-state index is 12.9. The Bertz CT molecular complexity index is 1300. The highest BCUT2D eigenvalue weighted by atomic mass is 32.1. The largest absolute Gasteiger partial charge is 0.494 e. The van der Waals surface area contributed by atoms with Crippen LogP contribution in [-0.4, -0.2) is 26.6 Å². The van der Waals surface area contributed by atoms with E-state index in [9.17, 15) is 4.79 Å². The Labute approximate surface area is 198 Å². The first-order valence-corrected chi connectivity index (χ1v) is 11.2. The molecule has 7 heteroatoms. The molecule has 0 aliphatic rings. The number of fused-ring (bicyclic) bond motifs is 1. The summed E-state index contributed by atoms with van der Waals surface area (Å²) >= 11 is 5.75. The summed E-state index contributed by atoms with van der Waals surface area (Å²) in [6.45, 7) is 5.43. The van der Waals surface area contributed by atoms with E-state index in [1.54, 1.807) is 12.4 Å². The van der Waals surface area contributed by atoms with Crippen molar-refractivity contribution in [2.75, 3.05) is 11.9 Å². The van der Waals surface area contributed by atoms with Crippen molar-refractivity contribution in [3.63, 3.8) is 0 Å². The third kappa shape index (κ3) is 5.75. The van der Waals surface area contributed by atoms with Crippen LogP contribution in [0.3, 0.4) is 0 Å². The Morgan fingerprint density at radius 2 is 1.94 bits per heavy atom. The number of nitrogens with zero attached hydrogens (tertiary/aromatic N) is 2. The number of pyridine rings is 2. The summed E-state index contributed by atoms with van der Waals surface area (Å²) in [7, 11) is 0. The summed E-state index contributed by atoms with van der Waals surface area (Å²) in [5.74, 6) is 0.770. The van der Waals surface area contributed by atoms with Crippen molar-refractivity contribution < 1.29 is 4.74 Å². The molecule has 4 rings (SSSR count). The van der Waals surface area contributed by atoms with Crippen molar-refractivity contribution in [2.24, 2.45) is 0 Å². The lowest BCUT2D eigenvalue weighted by Gasteiger charge is -2.26. The van der Waals surface area contributed by atoms with Gasteiger partial charge in [0.25, 0.3) is 5.56 Å². The fraction of sp³-hybridized carbons (Fsp3) is 0.192. The number of rotatable bonds is 7. The summed E-state index contributed by atoms with van der Waals surface area (Å²) in [6.07, 6.45) is 3.54. The zero-order valence-electron chi connectivity index (χ0n) is 18.7. The van der Waals surface area contributed by atoms with Gasteiger partial charge in [-0.15, -0.1) is 0 Å². The minimum Gasteiger partial charge on any atom is -0.494 e. The molecule has 0 amide bonds. The average molecular weight is 459 g/mol. The monoisotopic (exact) mass is 458 g/mol. The Balaban J connectivity index is 1.64. The molecule has 0 spiro atoms. The van der Waals surface area contributed by atoms with Crippen LogP contribution in [0, 0.1) is 6.92 Å². The van der Waals surface area contributed by atoms with E-state index in [2.05, 4.69) is 15.3 Å². The molecule has 0 aliphatic carbocycles. The van der Waals surface area contributed by atoms with Gasteiger partial charge >= 0.3 is 0 Å². The highest BCUT2D eigenvalue weighted by Crippen LogP contribution is 2.20. The smallest absolute Gasteiger partial charge is 0.253 e. The summed E-state index contributed by atoms with van der Waals surface area (Å²) < 4.78 is 5.62. The number of nitrogens with one attached hydrogen (secondary N) is 2. The number of hydrogen-bond acceptors (Lipinski definition) is 4. The minimum atomic E-state index is -0.138. The van der Waals surface area contributed by atoms with Gasteiger partial charge in [0.15, 0.2) is 5.11 Å². The van der Waals surface area contributed by atoms with Crippen LogP contribution < -0.4 is 15.6 Å². The molecular weight excluding hydrogens is 432 g/mol. The van der Waals surface area contributed by atoms with Crippen LogP contribution in [0.4, 0.5) is 5.69 Å². The molecule has 0 saturated carbocycles. The Morgan fingerprint density at radius 3 is 2.67 bits per heavy atom. The molecule has 2 N–H and O–H groups in total. The molecule has 0 bridgehead atoms. The summed E-state index contributed by atoms with van der Waals surface area (Å²) in [5, 5.41) is 4.74. The second-order valence-corrected chi connectivity index (χ2v) is 8.21. The van der Waals surface area contributed by atoms with Gasteiger partial charge in [-0.1, -0.05) is 23.8 Å². The Hall–Kier alpha value is -3.71. The number of H-pyrrole nitrogens is 1. The Kier molecular flexibility index (Phi) is 7.00. The van der Waals surface area contributed by atoms with E-state index in [0.717, 1.165) is 27.9 Å². The first kappa shape index (κ1) is 22.5. The van der Waals surface area contributed by atoms with Crippen LogP contribution >= 0.6 is 12.2 Å². The van der Waals surface area contributed by atoms with Crippen LogP contribution in [0.1, 0.15) is 23.6 Å². The third-order valence-corrected chi connectivity index (χ3v) is 5.61. The number of thiocarbonyl (C=S) groups is 1. The van der Waals surface area contributed by atoms with Crippen LogP contribution in [0.5, 0.6) is 5.75 Å². The molecule has 0 aliphatic heterocycles. The summed E-state index contributed by atoms with van der Waals surface area (Å²) in [6, 6.07) is 19.5. The molecule has 4 aromatic rings. The molecule has 2 heterocycles. The van der Waals surface area contributed by atoms with Crippen molar-refractivity contribution in [3.8, 4) is 5.75 Å². The van der Waals surface area contributed by atoms with Crippen molar-refractivity contribution >= 4 is 33.9 Å². The predicted octanol–water partition coefficient (Wildman–Crippen LogP) is 5.03. The van der Waals surface area contributed by atoms with Crippen molar-refractivity contribution in [1.29, 1.82) is 0 Å². The van der Waals surface area contributed by atoms with Gasteiger partial charge in [0.2, 0.25) is 0 Å². The quantitative estimate of drug-likeness (QED) is 0.379. The lowest BCUT2D eigenvalue weighted by Crippen LogP contribution is -2.35. The molecule has 2 aromatic carbocycles. The zero-order valence-corrected chi connectivity index (χ0v) is 19.5.